The van der Waals surface area contributed by atoms with Crippen LogP contribution in [-0.4, -0.2) is 38.7 Å². The molecule has 0 aliphatic rings. The van der Waals surface area contributed by atoms with E-state index in [1.54, 1.807) is 13.8 Å². The number of benzene rings is 1. The standard InChI is InChI=1S/C14H23N3O3S/c1-14(2,17-21(3,19)20)10-16-13(18)12(15)9-11-7-5-4-6-8-11/h4-8,12,17H,9-10,15H2,1-3H3,(H,16,18)/t12-/m1/s1. The van der Waals surface area contributed by atoms with Crippen molar-refractivity contribution in [2.24, 2.45) is 5.73 Å². The Bertz CT molecular complexity index is 570. The molecule has 0 spiro atoms. The van der Waals surface area contributed by atoms with E-state index in [1.165, 1.54) is 0 Å². The van der Waals surface area contributed by atoms with Gasteiger partial charge in [0.2, 0.25) is 15.9 Å². The molecule has 0 unspecified atom stereocenters. The molecule has 1 aromatic carbocycles. The molecule has 1 amide bonds. The molecule has 0 saturated heterocycles. The minimum Gasteiger partial charge on any atom is -0.353 e. The van der Waals surface area contributed by atoms with Crippen LogP contribution in [0.25, 0.3) is 0 Å². The normalized spacial score (nSPS) is 13.7. The Morgan fingerprint density at radius 1 is 1.29 bits per heavy atom. The zero-order chi connectivity index (χ0) is 16.1. The summed E-state index contributed by atoms with van der Waals surface area (Å²) in [6.07, 6.45) is 1.52. The maximum atomic E-state index is 11.9. The zero-order valence-corrected chi connectivity index (χ0v) is 13.4. The summed E-state index contributed by atoms with van der Waals surface area (Å²) in [7, 11) is -3.33. The second-order valence-electron chi connectivity index (χ2n) is 5.77. The van der Waals surface area contributed by atoms with Gasteiger partial charge >= 0.3 is 0 Å². The number of hydrogen-bond donors (Lipinski definition) is 3. The monoisotopic (exact) mass is 313 g/mol. The van der Waals surface area contributed by atoms with Gasteiger partial charge in [-0.1, -0.05) is 30.3 Å². The molecule has 0 aliphatic heterocycles. The minimum atomic E-state index is -3.33. The first-order valence-electron chi connectivity index (χ1n) is 6.65. The van der Waals surface area contributed by atoms with Crippen molar-refractivity contribution < 1.29 is 13.2 Å². The second kappa shape index (κ2) is 7.02. The largest absolute Gasteiger partial charge is 0.353 e. The maximum absolute atomic E-state index is 11.9. The predicted octanol–water partition coefficient (Wildman–Crippen LogP) is 0.000400. The van der Waals surface area contributed by atoms with Crippen LogP contribution in [-0.2, 0) is 21.2 Å². The molecule has 0 radical (unpaired) electrons. The molecule has 0 heterocycles. The van der Waals surface area contributed by atoms with E-state index in [1.807, 2.05) is 30.3 Å². The topological polar surface area (TPSA) is 101 Å². The van der Waals surface area contributed by atoms with Gasteiger partial charge in [0.05, 0.1) is 12.3 Å². The Morgan fingerprint density at radius 3 is 2.38 bits per heavy atom. The van der Waals surface area contributed by atoms with E-state index in [-0.39, 0.29) is 12.5 Å². The van der Waals surface area contributed by atoms with Crippen molar-refractivity contribution in [2.75, 3.05) is 12.8 Å². The van der Waals surface area contributed by atoms with Gasteiger partial charge in [0.15, 0.2) is 0 Å². The zero-order valence-electron chi connectivity index (χ0n) is 12.6. The second-order valence-corrected chi connectivity index (χ2v) is 7.52. The van der Waals surface area contributed by atoms with Gasteiger partial charge in [-0.3, -0.25) is 4.79 Å². The lowest BCUT2D eigenvalue weighted by Crippen LogP contribution is -2.53. The van der Waals surface area contributed by atoms with Gasteiger partial charge in [-0.2, -0.15) is 0 Å². The molecule has 1 rings (SSSR count). The summed E-state index contributed by atoms with van der Waals surface area (Å²) in [6.45, 7) is 3.55. The van der Waals surface area contributed by atoms with Gasteiger partial charge in [0.1, 0.15) is 0 Å². The molecule has 0 aromatic heterocycles. The summed E-state index contributed by atoms with van der Waals surface area (Å²) >= 11 is 0. The molecule has 0 aliphatic carbocycles. The summed E-state index contributed by atoms with van der Waals surface area (Å²) in [5.74, 6) is -0.303. The Morgan fingerprint density at radius 2 is 1.86 bits per heavy atom. The summed E-state index contributed by atoms with van der Waals surface area (Å²) in [6, 6.07) is 8.82. The quantitative estimate of drug-likeness (QED) is 0.659. The first kappa shape index (κ1) is 17.6. The highest BCUT2D eigenvalue weighted by Gasteiger charge is 2.24. The van der Waals surface area contributed by atoms with Crippen molar-refractivity contribution in [1.82, 2.24) is 10.0 Å². The molecule has 0 fully saturated rings. The average Bonchev–Trinajstić information content (AvgIpc) is 2.34. The van der Waals surface area contributed by atoms with Crippen molar-refractivity contribution in [3.63, 3.8) is 0 Å². The number of nitrogens with two attached hydrogens (primary N) is 1. The van der Waals surface area contributed by atoms with Crippen LogP contribution < -0.4 is 15.8 Å². The summed E-state index contributed by atoms with van der Waals surface area (Å²) in [4.78, 5) is 11.9. The van der Waals surface area contributed by atoms with Crippen LogP contribution in [0.3, 0.4) is 0 Å². The van der Waals surface area contributed by atoms with Gasteiger partial charge in [0.25, 0.3) is 0 Å². The average molecular weight is 313 g/mol. The van der Waals surface area contributed by atoms with Crippen LogP contribution >= 0.6 is 0 Å². The number of carbonyl (C=O) groups is 1. The van der Waals surface area contributed by atoms with Crippen LogP contribution in [0.1, 0.15) is 19.4 Å². The third kappa shape index (κ3) is 7.22. The Labute approximate surface area is 126 Å². The fourth-order valence-electron chi connectivity index (χ4n) is 1.94. The van der Waals surface area contributed by atoms with Crippen molar-refractivity contribution in [1.29, 1.82) is 0 Å². The SMILES string of the molecule is CC(C)(CNC(=O)[C@H](N)Cc1ccccc1)NS(C)(=O)=O. The lowest BCUT2D eigenvalue weighted by atomic mass is 10.0. The summed E-state index contributed by atoms with van der Waals surface area (Å²) in [5, 5.41) is 2.67. The lowest BCUT2D eigenvalue weighted by Gasteiger charge is -2.26. The van der Waals surface area contributed by atoms with Crippen LogP contribution in [0, 0.1) is 0 Å². The molecule has 118 valence electrons. The fourth-order valence-corrected chi connectivity index (χ4v) is 3.01. The number of sulfonamides is 1. The highest BCUT2D eigenvalue weighted by Crippen LogP contribution is 2.04. The van der Waals surface area contributed by atoms with E-state index in [9.17, 15) is 13.2 Å². The summed E-state index contributed by atoms with van der Waals surface area (Å²) < 4.78 is 24.9. The van der Waals surface area contributed by atoms with E-state index < -0.39 is 21.6 Å². The van der Waals surface area contributed by atoms with Gasteiger partial charge in [-0.05, 0) is 25.8 Å². The van der Waals surface area contributed by atoms with Gasteiger partial charge < -0.3 is 11.1 Å². The molecule has 6 nitrogen and oxygen atoms in total. The molecular formula is C14H23N3O3S. The molecule has 21 heavy (non-hydrogen) atoms. The van der Waals surface area contributed by atoms with Gasteiger partial charge in [-0.15, -0.1) is 0 Å². The van der Waals surface area contributed by atoms with Gasteiger partial charge in [0, 0.05) is 12.1 Å². The maximum Gasteiger partial charge on any atom is 0.237 e. The number of amides is 1. The Hall–Kier alpha value is -1.44. The molecular weight excluding hydrogens is 290 g/mol. The van der Waals surface area contributed by atoms with Gasteiger partial charge in [-0.25, -0.2) is 13.1 Å². The number of hydrogen-bond acceptors (Lipinski definition) is 4. The van der Waals surface area contributed by atoms with Crippen LogP contribution in [0.2, 0.25) is 0 Å². The van der Waals surface area contributed by atoms with Crippen molar-refractivity contribution in [3.05, 3.63) is 35.9 Å². The smallest absolute Gasteiger partial charge is 0.237 e. The highest BCUT2D eigenvalue weighted by molar-refractivity contribution is 7.88. The number of nitrogens with one attached hydrogen (secondary N) is 2. The fraction of sp³-hybridized carbons (Fsp3) is 0.500. The molecule has 4 N–H and O–H groups in total. The molecule has 0 bridgehead atoms. The van der Waals surface area contributed by atoms with E-state index >= 15 is 0 Å². The molecule has 1 aromatic rings. The minimum absolute atomic E-state index is 0.168. The van der Waals surface area contributed by atoms with Crippen LogP contribution in [0.15, 0.2) is 30.3 Å². The van der Waals surface area contributed by atoms with Crippen molar-refractivity contribution in [3.8, 4) is 0 Å². The third-order valence-corrected chi connectivity index (χ3v) is 3.72. The number of carbonyl (C=O) groups excluding carboxylic acids is 1. The summed E-state index contributed by atoms with van der Waals surface area (Å²) in [5.41, 5.74) is 6.07. The first-order chi connectivity index (χ1) is 9.59. The Kier molecular flexibility index (Phi) is 5.88. The highest BCUT2D eigenvalue weighted by atomic mass is 32.2. The van der Waals surface area contributed by atoms with E-state index in [0.717, 1.165) is 11.8 Å². The van der Waals surface area contributed by atoms with E-state index in [0.29, 0.717) is 6.42 Å². The first-order valence-corrected chi connectivity index (χ1v) is 8.54. The Balaban J connectivity index is 2.49. The van der Waals surface area contributed by atoms with Crippen LogP contribution in [0.5, 0.6) is 0 Å². The van der Waals surface area contributed by atoms with E-state index in [2.05, 4.69) is 10.0 Å². The lowest BCUT2D eigenvalue weighted by molar-refractivity contribution is -0.122. The number of rotatable bonds is 7. The molecule has 0 saturated carbocycles. The van der Waals surface area contributed by atoms with Crippen molar-refractivity contribution >= 4 is 15.9 Å². The van der Waals surface area contributed by atoms with E-state index in [4.69, 9.17) is 5.73 Å². The third-order valence-electron chi connectivity index (χ3n) is 2.80. The van der Waals surface area contributed by atoms with Crippen molar-refractivity contribution in [2.45, 2.75) is 31.8 Å². The molecule has 7 heteroatoms. The van der Waals surface area contributed by atoms with Crippen LogP contribution in [0.4, 0.5) is 0 Å². The predicted molar refractivity (Wildman–Crippen MR) is 83.2 cm³/mol. The molecule has 1 atom stereocenters.